The van der Waals surface area contributed by atoms with Gasteiger partial charge in [-0.15, -0.1) is 0 Å². The first-order chi connectivity index (χ1) is 10.4. The zero-order chi connectivity index (χ0) is 16.2. The van der Waals surface area contributed by atoms with Gasteiger partial charge in [-0.2, -0.15) is 0 Å². The molecule has 1 aromatic carbocycles. The van der Waals surface area contributed by atoms with Crippen molar-refractivity contribution in [1.29, 1.82) is 0 Å². The first kappa shape index (κ1) is 17.2. The summed E-state index contributed by atoms with van der Waals surface area (Å²) in [5, 5.41) is 12.5. The number of hydrogen-bond donors (Lipinski definition) is 2. The van der Waals surface area contributed by atoms with Crippen LogP contribution in [0.15, 0.2) is 24.3 Å². The summed E-state index contributed by atoms with van der Waals surface area (Å²) in [6, 6.07) is 7.64. The van der Waals surface area contributed by atoms with Crippen molar-refractivity contribution in [3.63, 3.8) is 0 Å². The maximum atomic E-state index is 11.6. The van der Waals surface area contributed by atoms with Gasteiger partial charge in [0.2, 0.25) is 0 Å². The molecule has 22 heavy (non-hydrogen) atoms. The number of carboxylic acid groups (broad SMARTS) is 1. The number of carbonyl (C=O) groups is 1. The molecule has 1 aliphatic rings. The number of rotatable bonds is 8. The standard InChI is InChI=1S/C15H20ClNO4S/c16-13-6-4-12(5-7-13)15(11-2-1-3-11)17-8-9-22(20,21)10-14(18)19/h4-7,11,15,17H,1-3,8-10H2,(H,18,19). The Kier molecular flexibility index (Phi) is 5.83. The highest BCUT2D eigenvalue weighted by Gasteiger charge is 2.28. The molecule has 1 atom stereocenters. The van der Waals surface area contributed by atoms with Crippen molar-refractivity contribution in [2.75, 3.05) is 18.1 Å². The molecule has 2 N–H and O–H groups in total. The summed E-state index contributed by atoms with van der Waals surface area (Å²) in [7, 11) is -3.56. The van der Waals surface area contributed by atoms with E-state index in [-0.39, 0.29) is 18.3 Å². The van der Waals surface area contributed by atoms with Gasteiger partial charge in [-0.25, -0.2) is 8.42 Å². The molecule has 0 saturated heterocycles. The van der Waals surface area contributed by atoms with E-state index >= 15 is 0 Å². The van der Waals surface area contributed by atoms with Crippen molar-refractivity contribution < 1.29 is 18.3 Å². The van der Waals surface area contributed by atoms with Crippen LogP contribution in [-0.2, 0) is 14.6 Å². The first-order valence-corrected chi connectivity index (χ1v) is 9.48. The van der Waals surface area contributed by atoms with Gasteiger partial charge >= 0.3 is 5.97 Å². The molecule has 5 nitrogen and oxygen atoms in total. The van der Waals surface area contributed by atoms with Crippen LogP contribution in [0.25, 0.3) is 0 Å². The lowest BCUT2D eigenvalue weighted by molar-refractivity contribution is -0.134. The van der Waals surface area contributed by atoms with E-state index in [2.05, 4.69) is 5.32 Å². The second-order valence-electron chi connectivity index (χ2n) is 5.66. The van der Waals surface area contributed by atoms with E-state index in [4.69, 9.17) is 16.7 Å². The van der Waals surface area contributed by atoms with E-state index in [9.17, 15) is 13.2 Å². The summed E-state index contributed by atoms with van der Waals surface area (Å²) < 4.78 is 23.2. The van der Waals surface area contributed by atoms with Crippen LogP contribution in [-0.4, -0.2) is 37.5 Å². The molecule has 7 heteroatoms. The lowest BCUT2D eigenvalue weighted by Crippen LogP contribution is -2.35. The molecule has 0 aromatic heterocycles. The van der Waals surface area contributed by atoms with E-state index in [1.54, 1.807) is 0 Å². The number of halogens is 1. The average molecular weight is 346 g/mol. The molecule has 0 radical (unpaired) electrons. The van der Waals surface area contributed by atoms with Crippen LogP contribution in [0.2, 0.25) is 5.02 Å². The topological polar surface area (TPSA) is 83.5 Å². The third kappa shape index (κ3) is 4.97. The Hall–Kier alpha value is -1.11. The van der Waals surface area contributed by atoms with Gasteiger partial charge in [0.1, 0.15) is 5.75 Å². The Morgan fingerprint density at radius 1 is 1.32 bits per heavy atom. The van der Waals surface area contributed by atoms with Crippen molar-refractivity contribution in [2.24, 2.45) is 5.92 Å². The van der Waals surface area contributed by atoms with E-state index < -0.39 is 21.6 Å². The summed E-state index contributed by atoms with van der Waals surface area (Å²) in [5.41, 5.74) is 1.09. The Bertz CT molecular complexity index is 611. The predicted molar refractivity (Wildman–Crippen MR) is 85.8 cm³/mol. The fourth-order valence-corrected chi connectivity index (χ4v) is 3.71. The Morgan fingerprint density at radius 2 is 1.95 bits per heavy atom. The van der Waals surface area contributed by atoms with Crippen molar-refractivity contribution in [2.45, 2.75) is 25.3 Å². The van der Waals surface area contributed by atoms with E-state index in [1.807, 2.05) is 24.3 Å². The SMILES string of the molecule is O=C(O)CS(=O)(=O)CCNC(c1ccc(Cl)cc1)C1CCC1. The number of carboxylic acids is 1. The molecule has 122 valence electrons. The quantitative estimate of drug-likeness (QED) is 0.755. The summed E-state index contributed by atoms with van der Waals surface area (Å²) in [6.45, 7) is 0.249. The lowest BCUT2D eigenvalue weighted by Gasteiger charge is -2.35. The minimum Gasteiger partial charge on any atom is -0.480 e. The highest BCUT2D eigenvalue weighted by molar-refractivity contribution is 7.92. The highest BCUT2D eigenvalue weighted by atomic mass is 35.5. The van der Waals surface area contributed by atoms with Crippen LogP contribution >= 0.6 is 11.6 Å². The number of nitrogens with one attached hydrogen (secondary N) is 1. The maximum Gasteiger partial charge on any atom is 0.318 e. The fraction of sp³-hybridized carbons (Fsp3) is 0.533. The summed E-state index contributed by atoms with van der Waals surface area (Å²) >= 11 is 5.90. The van der Waals surface area contributed by atoms with Crippen LogP contribution in [0.4, 0.5) is 0 Å². The second-order valence-corrected chi connectivity index (χ2v) is 8.28. The largest absolute Gasteiger partial charge is 0.480 e. The average Bonchev–Trinajstić information content (AvgIpc) is 2.34. The number of sulfone groups is 1. The fourth-order valence-electron chi connectivity index (χ4n) is 2.63. The highest BCUT2D eigenvalue weighted by Crippen LogP contribution is 2.37. The molecule has 1 saturated carbocycles. The molecule has 0 bridgehead atoms. The number of hydrogen-bond acceptors (Lipinski definition) is 4. The van der Waals surface area contributed by atoms with Crippen LogP contribution in [0, 0.1) is 5.92 Å². The van der Waals surface area contributed by atoms with Crippen molar-refractivity contribution in [1.82, 2.24) is 5.32 Å². The van der Waals surface area contributed by atoms with Gasteiger partial charge in [-0.1, -0.05) is 30.2 Å². The van der Waals surface area contributed by atoms with E-state index in [0.29, 0.717) is 10.9 Å². The molecule has 1 aliphatic carbocycles. The molecule has 0 aliphatic heterocycles. The van der Waals surface area contributed by atoms with Gasteiger partial charge in [0.15, 0.2) is 9.84 Å². The molecule has 2 rings (SSSR count). The molecular weight excluding hydrogens is 326 g/mol. The van der Waals surface area contributed by atoms with Crippen LogP contribution in [0.1, 0.15) is 30.9 Å². The van der Waals surface area contributed by atoms with E-state index in [1.165, 1.54) is 6.42 Å². The number of benzene rings is 1. The predicted octanol–water partition coefficient (Wildman–Crippen LogP) is 2.27. The van der Waals surface area contributed by atoms with Gasteiger partial charge in [-0.3, -0.25) is 4.79 Å². The summed E-state index contributed by atoms with van der Waals surface area (Å²) in [5.74, 6) is -1.81. The summed E-state index contributed by atoms with van der Waals surface area (Å²) in [4.78, 5) is 10.5. The van der Waals surface area contributed by atoms with Crippen LogP contribution < -0.4 is 5.32 Å². The smallest absolute Gasteiger partial charge is 0.318 e. The van der Waals surface area contributed by atoms with E-state index in [0.717, 1.165) is 18.4 Å². The summed E-state index contributed by atoms with van der Waals surface area (Å²) in [6.07, 6.45) is 3.41. The molecule has 1 fully saturated rings. The van der Waals surface area contributed by atoms with Crippen molar-refractivity contribution in [3.05, 3.63) is 34.9 Å². The van der Waals surface area contributed by atoms with Gasteiger partial charge < -0.3 is 10.4 Å². The maximum absolute atomic E-state index is 11.6. The first-order valence-electron chi connectivity index (χ1n) is 7.28. The Labute approximate surface area is 135 Å². The van der Waals surface area contributed by atoms with Crippen LogP contribution in [0.5, 0.6) is 0 Å². The normalized spacial score (nSPS) is 17.0. The molecule has 1 aromatic rings. The third-order valence-corrected chi connectivity index (χ3v) is 5.74. The zero-order valence-electron chi connectivity index (χ0n) is 12.2. The zero-order valence-corrected chi connectivity index (χ0v) is 13.7. The van der Waals surface area contributed by atoms with Gasteiger partial charge in [-0.05, 0) is 36.5 Å². The molecule has 0 spiro atoms. The third-order valence-electron chi connectivity index (χ3n) is 3.97. The molecule has 0 heterocycles. The Morgan fingerprint density at radius 3 is 2.45 bits per heavy atom. The number of aliphatic carboxylic acids is 1. The Balaban J connectivity index is 1.96. The van der Waals surface area contributed by atoms with Crippen molar-refractivity contribution >= 4 is 27.4 Å². The monoisotopic (exact) mass is 345 g/mol. The molecule has 1 unspecified atom stereocenters. The minimum absolute atomic E-state index is 0.0889. The van der Waals surface area contributed by atoms with Crippen LogP contribution in [0.3, 0.4) is 0 Å². The molecule has 0 amide bonds. The lowest BCUT2D eigenvalue weighted by atomic mass is 9.77. The molecular formula is C15H20ClNO4S. The van der Waals surface area contributed by atoms with Gasteiger partial charge in [0, 0.05) is 17.6 Å². The van der Waals surface area contributed by atoms with Gasteiger partial charge in [0.05, 0.1) is 5.75 Å². The minimum atomic E-state index is -3.56. The van der Waals surface area contributed by atoms with Gasteiger partial charge in [0.25, 0.3) is 0 Å². The van der Waals surface area contributed by atoms with Crippen molar-refractivity contribution in [3.8, 4) is 0 Å². The second kappa shape index (κ2) is 7.44.